The van der Waals surface area contributed by atoms with Crippen molar-refractivity contribution in [3.8, 4) is 0 Å². The molecule has 0 radical (unpaired) electrons. The van der Waals surface area contributed by atoms with Gasteiger partial charge in [-0.15, -0.1) is 0 Å². The molecule has 5 nitrogen and oxygen atoms in total. The average Bonchev–Trinajstić information content (AvgIpc) is 2.13. The molecule has 4 N–H and O–H groups in total. The molecule has 5 unspecified atom stereocenters. The van der Waals surface area contributed by atoms with Crippen molar-refractivity contribution >= 4 is 0 Å². The van der Waals surface area contributed by atoms with Gasteiger partial charge in [0.15, 0.2) is 6.29 Å². The Bertz CT molecular complexity index is 161. The van der Waals surface area contributed by atoms with E-state index in [9.17, 15) is 10.2 Å². The fraction of sp³-hybridized carbons (Fsp3) is 1.00. The van der Waals surface area contributed by atoms with Crippen LogP contribution in [0.2, 0.25) is 0 Å². The molecule has 0 saturated carbocycles. The van der Waals surface area contributed by atoms with Crippen LogP contribution in [0.25, 0.3) is 0 Å². The van der Waals surface area contributed by atoms with Gasteiger partial charge in [-0.3, -0.25) is 0 Å². The maximum atomic E-state index is 9.46. The first-order valence-electron chi connectivity index (χ1n) is 4.42. The lowest BCUT2D eigenvalue weighted by Crippen LogP contribution is -2.55. The molecule has 0 aromatic carbocycles. The van der Waals surface area contributed by atoms with E-state index in [4.69, 9.17) is 14.9 Å². The van der Waals surface area contributed by atoms with Gasteiger partial charge in [-0.1, -0.05) is 6.92 Å². The Morgan fingerprint density at radius 2 is 1.77 bits per heavy atom. The molecule has 13 heavy (non-hydrogen) atoms. The van der Waals surface area contributed by atoms with Crippen molar-refractivity contribution in [1.82, 2.24) is 0 Å². The van der Waals surface area contributed by atoms with Gasteiger partial charge >= 0.3 is 0 Å². The molecule has 5 heteroatoms. The Hall–Kier alpha value is -0.200. The molecule has 1 rings (SSSR count). The first-order chi connectivity index (χ1) is 6.11. The summed E-state index contributed by atoms with van der Waals surface area (Å²) in [5.41, 5.74) is 0. The zero-order chi connectivity index (χ0) is 10.0. The third-order valence-electron chi connectivity index (χ3n) is 2.49. The quantitative estimate of drug-likeness (QED) is 0.425. The largest absolute Gasteiger partial charge is 0.396 e. The molecule has 0 aliphatic carbocycles. The molecule has 1 aliphatic rings. The van der Waals surface area contributed by atoms with Crippen LogP contribution in [-0.4, -0.2) is 51.6 Å². The lowest BCUT2D eigenvalue weighted by atomic mass is 9.88. The number of hydrogen-bond donors (Lipinski definition) is 4. The molecule has 1 fully saturated rings. The summed E-state index contributed by atoms with van der Waals surface area (Å²) in [6.45, 7) is 1.56. The second-order valence-electron chi connectivity index (χ2n) is 3.30. The fourth-order valence-corrected chi connectivity index (χ4v) is 1.63. The minimum Gasteiger partial charge on any atom is -0.396 e. The predicted octanol–water partition coefficient (Wildman–Crippen LogP) is -1.56. The van der Waals surface area contributed by atoms with Crippen molar-refractivity contribution in [1.29, 1.82) is 0 Å². The van der Waals surface area contributed by atoms with Crippen LogP contribution >= 0.6 is 0 Å². The number of rotatable bonds is 2. The Labute approximate surface area is 76.6 Å². The summed E-state index contributed by atoms with van der Waals surface area (Å²) in [4.78, 5) is 0. The maximum Gasteiger partial charge on any atom is 0.183 e. The van der Waals surface area contributed by atoms with Crippen LogP contribution in [0.4, 0.5) is 0 Å². The van der Waals surface area contributed by atoms with Crippen molar-refractivity contribution in [3.63, 3.8) is 0 Å². The van der Waals surface area contributed by atoms with Crippen LogP contribution in [0.5, 0.6) is 0 Å². The van der Waals surface area contributed by atoms with Crippen LogP contribution < -0.4 is 0 Å². The first kappa shape index (κ1) is 10.9. The molecular weight excluding hydrogens is 176 g/mol. The van der Waals surface area contributed by atoms with E-state index in [0.29, 0.717) is 6.42 Å². The molecule has 0 aromatic rings. The molecule has 0 aromatic heterocycles. The van der Waals surface area contributed by atoms with E-state index in [-0.39, 0.29) is 6.61 Å². The second kappa shape index (κ2) is 4.34. The van der Waals surface area contributed by atoms with E-state index in [2.05, 4.69) is 0 Å². The maximum absolute atomic E-state index is 9.46. The number of aliphatic hydroxyl groups excluding tert-OH is 4. The van der Waals surface area contributed by atoms with Crippen LogP contribution in [0, 0.1) is 5.92 Å². The van der Waals surface area contributed by atoms with Gasteiger partial charge in [0.25, 0.3) is 0 Å². The summed E-state index contributed by atoms with van der Waals surface area (Å²) in [6, 6.07) is 0. The van der Waals surface area contributed by atoms with Gasteiger partial charge in [0.2, 0.25) is 0 Å². The van der Waals surface area contributed by atoms with Crippen molar-refractivity contribution < 1.29 is 25.2 Å². The van der Waals surface area contributed by atoms with Crippen molar-refractivity contribution in [3.05, 3.63) is 0 Å². The highest BCUT2D eigenvalue weighted by Gasteiger charge is 2.42. The molecule has 1 heterocycles. The van der Waals surface area contributed by atoms with E-state index < -0.39 is 30.5 Å². The Kier molecular flexibility index (Phi) is 3.63. The van der Waals surface area contributed by atoms with Gasteiger partial charge in [-0.2, -0.15) is 0 Å². The topological polar surface area (TPSA) is 90.2 Å². The highest BCUT2D eigenvalue weighted by Crippen LogP contribution is 2.26. The number of aliphatic hydroxyl groups is 4. The first-order valence-corrected chi connectivity index (χ1v) is 4.42. The lowest BCUT2D eigenvalue weighted by Gasteiger charge is -2.39. The third-order valence-corrected chi connectivity index (χ3v) is 2.49. The highest BCUT2D eigenvalue weighted by molar-refractivity contribution is 4.87. The zero-order valence-electron chi connectivity index (χ0n) is 7.50. The standard InChI is InChI=1S/C8H16O5/c1-2-5-4(3-9)6(10)7(11)8(12)13-5/h4-12H,2-3H2,1H3. The Morgan fingerprint density at radius 3 is 2.23 bits per heavy atom. The summed E-state index contributed by atoms with van der Waals surface area (Å²) < 4.78 is 5.01. The lowest BCUT2D eigenvalue weighted by molar-refractivity contribution is -0.272. The van der Waals surface area contributed by atoms with Gasteiger partial charge in [-0.25, -0.2) is 0 Å². The van der Waals surface area contributed by atoms with Crippen molar-refractivity contribution in [2.75, 3.05) is 6.61 Å². The van der Waals surface area contributed by atoms with Crippen LogP contribution in [-0.2, 0) is 4.74 Å². The predicted molar refractivity (Wildman–Crippen MR) is 43.8 cm³/mol. The molecule has 1 aliphatic heterocycles. The van der Waals surface area contributed by atoms with Crippen LogP contribution in [0.1, 0.15) is 13.3 Å². The van der Waals surface area contributed by atoms with Crippen LogP contribution in [0.3, 0.4) is 0 Å². The molecule has 78 valence electrons. The highest BCUT2D eigenvalue weighted by atomic mass is 16.6. The molecule has 0 amide bonds. The number of ether oxygens (including phenoxy) is 1. The summed E-state index contributed by atoms with van der Waals surface area (Å²) in [6.07, 6.45) is -3.65. The van der Waals surface area contributed by atoms with Crippen LogP contribution in [0.15, 0.2) is 0 Å². The molecular formula is C8H16O5. The van der Waals surface area contributed by atoms with Gasteiger partial charge in [-0.05, 0) is 6.42 Å². The summed E-state index contributed by atoms with van der Waals surface area (Å²) in [5.74, 6) is -0.525. The molecule has 0 spiro atoms. The molecule has 1 saturated heterocycles. The fourth-order valence-electron chi connectivity index (χ4n) is 1.63. The minimum absolute atomic E-state index is 0.260. The Balaban J connectivity index is 2.69. The summed E-state index contributed by atoms with van der Waals surface area (Å²) in [5, 5.41) is 36.8. The zero-order valence-corrected chi connectivity index (χ0v) is 7.50. The Morgan fingerprint density at radius 1 is 1.15 bits per heavy atom. The molecule has 0 bridgehead atoms. The molecule has 5 atom stereocenters. The second-order valence-corrected chi connectivity index (χ2v) is 3.30. The van der Waals surface area contributed by atoms with E-state index in [1.807, 2.05) is 6.92 Å². The SMILES string of the molecule is CCC1OC(O)C(O)C(O)C1CO. The van der Waals surface area contributed by atoms with E-state index in [0.717, 1.165) is 0 Å². The third kappa shape index (κ3) is 2.00. The minimum atomic E-state index is -1.36. The normalized spacial score (nSPS) is 46.4. The van der Waals surface area contributed by atoms with E-state index >= 15 is 0 Å². The number of hydrogen-bond acceptors (Lipinski definition) is 5. The monoisotopic (exact) mass is 192 g/mol. The summed E-state index contributed by atoms with van der Waals surface area (Å²) >= 11 is 0. The van der Waals surface area contributed by atoms with Crippen molar-refractivity contribution in [2.45, 2.75) is 37.9 Å². The van der Waals surface area contributed by atoms with Gasteiger partial charge in [0, 0.05) is 5.92 Å². The average molecular weight is 192 g/mol. The summed E-state index contributed by atoms with van der Waals surface area (Å²) in [7, 11) is 0. The van der Waals surface area contributed by atoms with E-state index in [1.165, 1.54) is 0 Å². The smallest absolute Gasteiger partial charge is 0.183 e. The van der Waals surface area contributed by atoms with E-state index in [1.54, 1.807) is 0 Å². The van der Waals surface area contributed by atoms with Gasteiger partial charge < -0.3 is 25.2 Å². The van der Waals surface area contributed by atoms with Gasteiger partial charge in [0.05, 0.1) is 18.8 Å². The van der Waals surface area contributed by atoms with Gasteiger partial charge in [0.1, 0.15) is 6.10 Å². The van der Waals surface area contributed by atoms with Crippen molar-refractivity contribution in [2.24, 2.45) is 5.92 Å².